The fourth-order valence-electron chi connectivity index (χ4n) is 1.53. The molecule has 0 fully saturated rings. The van der Waals surface area contributed by atoms with Gasteiger partial charge in [0, 0.05) is 6.54 Å². The number of sulfonamides is 1. The first-order chi connectivity index (χ1) is 8.54. The monoisotopic (exact) mass is 289 g/mol. The molecule has 0 aliphatic rings. The quantitative estimate of drug-likeness (QED) is 0.752. The van der Waals surface area contributed by atoms with Crippen molar-refractivity contribution in [3.63, 3.8) is 0 Å². The number of H-pyrrole nitrogens is 1. The average Bonchev–Trinajstić information content (AvgIpc) is 2.58. The van der Waals surface area contributed by atoms with Crippen LogP contribution in [0.15, 0.2) is 4.90 Å². The Morgan fingerprint density at radius 1 is 1.42 bits per heavy atom. The van der Waals surface area contributed by atoms with Crippen molar-refractivity contribution in [2.45, 2.75) is 39.0 Å². The molecule has 0 amide bonds. The molecular formula is C11H19N3O4S. The van der Waals surface area contributed by atoms with E-state index in [4.69, 9.17) is 5.11 Å². The summed E-state index contributed by atoms with van der Waals surface area (Å²) < 4.78 is 26.6. The van der Waals surface area contributed by atoms with E-state index >= 15 is 0 Å². The van der Waals surface area contributed by atoms with Gasteiger partial charge in [-0.2, -0.15) is 5.10 Å². The highest BCUT2D eigenvalue weighted by Gasteiger charge is 2.28. The number of aromatic nitrogens is 2. The van der Waals surface area contributed by atoms with E-state index in [9.17, 15) is 13.2 Å². The normalized spacial score (nSPS) is 12.6. The van der Waals surface area contributed by atoms with Crippen LogP contribution in [0.25, 0.3) is 0 Å². The summed E-state index contributed by atoms with van der Waals surface area (Å²) in [6, 6.07) is 0. The zero-order valence-corrected chi connectivity index (χ0v) is 12.3. The molecule has 0 aromatic carbocycles. The molecule has 0 saturated heterocycles. The zero-order chi connectivity index (χ0) is 14.8. The van der Waals surface area contributed by atoms with Crippen LogP contribution in [0.4, 0.5) is 0 Å². The van der Waals surface area contributed by atoms with E-state index in [1.807, 2.05) is 20.8 Å². The van der Waals surface area contributed by atoms with Crippen LogP contribution < -0.4 is 4.72 Å². The maximum absolute atomic E-state index is 12.1. The number of carbonyl (C=O) groups is 1. The summed E-state index contributed by atoms with van der Waals surface area (Å²) in [5, 5.41) is 14.8. The van der Waals surface area contributed by atoms with Crippen LogP contribution in [-0.4, -0.2) is 36.2 Å². The number of hydrogen-bond donors (Lipinski definition) is 3. The van der Waals surface area contributed by atoms with E-state index < -0.39 is 21.7 Å². The summed E-state index contributed by atoms with van der Waals surface area (Å²) in [6.07, 6.45) is 0.644. The summed E-state index contributed by atoms with van der Waals surface area (Å²) in [5.41, 5.74) is -0.287. The third-order valence-electron chi connectivity index (χ3n) is 2.53. The van der Waals surface area contributed by atoms with E-state index in [0.717, 1.165) is 0 Å². The molecule has 8 heteroatoms. The predicted molar refractivity (Wildman–Crippen MR) is 69.5 cm³/mol. The van der Waals surface area contributed by atoms with Crippen LogP contribution >= 0.6 is 0 Å². The average molecular weight is 289 g/mol. The molecule has 1 aromatic heterocycles. The summed E-state index contributed by atoms with van der Waals surface area (Å²) in [5.74, 6) is -1.37. The highest BCUT2D eigenvalue weighted by Crippen LogP contribution is 2.20. The minimum absolute atomic E-state index is 0.0103. The molecule has 108 valence electrons. The number of aromatic amines is 1. The predicted octanol–water partition coefficient (Wildman–Crippen LogP) is 1.13. The fraction of sp³-hybridized carbons (Fsp3) is 0.636. The van der Waals surface area contributed by atoms with Gasteiger partial charge in [0.05, 0.1) is 5.69 Å². The summed E-state index contributed by atoms with van der Waals surface area (Å²) >= 11 is 0. The Bertz CT molecular complexity index is 569. The van der Waals surface area contributed by atoms with Crippen molar-refractivity contribution in [3.8, 4) is 0 Å². The fourth-order valence-corrected chi connectivity index (χ4v) is 2.88. The van der Waals surface area contributed by atoms with Crippen molar-refractivity contribution in [1.29, 1.82) is 0 Å². The van der Waals surface area contributed by atoms with E-state index in [1.54, 1.807) is 0 Å². The van der Waals surface area contributed by atoms with Crippen molar-refractivity contribution in [3.05, 3.63) is 11.4 Å². The van der Waals surface area contributed by atoms with Gasteiger partial charge in [-0.1, -0.05) is 20.8 Å². The van der Waals surface area contributed by atoms with E-state index in [0.29, 0.717) is 6.42 Å². The molecule has 0 bridgehead atoms. The zero-order valence-electron chi connectivity index (χ0n) is 11.4. The topological polar surface area (TPSA) is 112 Å². The summed E-state index contributed by atoms with van der Waals surface area (Å²) in [7, 11) is -3.87. The highest BCUT2D eigenvalue weighted by atomic mass is 32.2. The second-order valence-corrected chi connectivity index (χ2v) is 7.24. The van der Waals surface area contributed by atoms with Gasteiger partial charge in [-0.15, -0.1) is 0 Å². The van der Waals surface area contributed by atoms with Crippen LogP contribution in [0.3, 0.4) is 0 Å². The SMILES string of the molecule is Cc1[nH]nc(C(=O)O)c1S(=O)(=O)NCCC(C)(C)C. The highest BCUT2D eigenvalue weighted by molar-refractivity contribution is 7.89. The van der Waals surface area contributed by atoms with Crippen LogP contribution in [0.2, 0.25) is 0 Å². The van der Waals surface area contributed by atoms with Gasteiger partial charge < -0.3 is 5.11 Å². The molecule has 3 N–H and O–H groups in total. The van der Waals surface area contributed by atoms with E-state index in [2.05, 4.69) is 14.9 Å². The van der Waals surface area contributed by atoms with Gasteiger partial charge in [0.2, 0.25) is 10.0 Å². The third-order valence-corrected chi connectivity index (χ3v) is 4.15. The Morgan fingerprint density at radius 2 is 2.00 bits per heavy atom. The Kier molecular flexibility index (Phi) is 4.36. The lowest BCUT2D eigenvalue weighted by atomic mass is 9.93. The molecule has 1 rings (SSSR count). The molecular weight excluding hydrogens is 270 g/mol. The Hall–Kier alpha value is -1.41. The summed E-state index contributed by atoms with van der Waals surface area (Å²) in [6.45, 7) is 7.69. The molecule has 0 aliphatic carbocycles. The van der Waals surface area contributed by atoms with E-state index in [1.165, 1.54) is 6.92 Å². The van der Waals surface area contributed by atoms with E-state index in [-0.39, 0.29) is 22.5 Å². The minimum Gasteiger partial charge on any atom is -0.476 e. The number of carboxylic acid groups (broad SMARTS) is 1. The van der Waals surface area contributed by atoms with Crippen molar-refractivity contribution < 1.29 is 18.3 Å². The van der Waals surface area contributed by atoms with Gasteiger partial charge in [0.1, 0.15) is 4.90 Å². The molecule has 0 unspecified atom stereocenters. The molecule has 1 aromatic rings. The number of carboxylic acids is 1. The van der Waals surface area contributed by atoms with Gasteiger partial charge in [-0.25, -0.2) is 17.9 Å². The van der Waals surface area contributed by atoms with Crippen molar-refractivity contribution in [1.82, 2.24) is 14.9 Å². The largest absolute Gasteiger partial charge is 0.476 e. The second kappa shape index (κ2) is 5.30. The van der Waals surface area contributed by atoms with Gasteiger partial charge in [-0.05, 0) is 18.8 Å². The first kappa shape index (κ1) is 15.6. The number of hydrogen-bond acceptors (Lipinski definition) is 4. The summed E-state index contributed by atoms with van der Waals surface area (Å²) in [4.78, 5) is 10.6. The molecule has 0 saturated carbocycles. The smallest absolute Gasteiger partial charge is 0.357 e. The van der Waals surface area contributed by atoms with Crippen LogP contribution in [0.5, 0.6) is 0 Å². The minimum atomic E-state index is -3.87. The maximum atomic E-state index is 12.1. The Balaban J connectivity index is 2.95. The molecule has 0 aliphatic heterocycles. The lowest BCUT2D eigenvalue weighted by molar-refractivity contribution is 0.0686. The van der Waals surface area contributed by atoms with Crippen molar-refractivity contribution in [2.24, 2.45) is 5.41 Å². The first-order valence-electron chi connectivity index (χ1n) is 5.82. The van der Waals surface area contributed by atoms with Crippen molar-refractivity contribution >= 4 is 16.0 Å². The maximum Gasteiger partial charge on any atom is 0.357 e. The standard InChI is InChI=1S/C11H19N3O4S/c1-7-9(8(10(15)16)14-13-7)19(17,18)12-6-5-11(2,3)4/h12H,5-6H2,1-4H3,(H,13,14)(H,15,16). The van der Waals surface area contributed by atoms with Gasteiger partial charge in [-0.3, -0.25) is 5.10 Å². The molecule has 19 heavy (non-hydrogen) atoms. The van der Waals surface area contributed by atoms with Gasteiger partial charge in [0.15, 0.2) is 5.69 Å². The number of aromatic carboxylic acids is 1. The molecule has 0 atom stereocenters. The van der Waals surface area contributed by atoms with Gasteiger partial charge >= 0.3 is 5.97 Å². The lowest BCUT2D eigenvalue weighted by Crippen LogP contribution is -2.28. The first-order valence-corrected chi connectivity index (χ1v) is 7.31. The van der Waals surface area contributed by atoms with Crippen LogP contribution in [0.1, 0.15) is 43.4 Å². The Labute approximate surface area is 112 Å². The Morgan fingerprint density at radius 3 is 2.47 bits per heavy atom. The number of rotatable bonds is 5. The van der Waals surface area contributed by atoms with Crippen LogP contribution in [-0.2, 0) is 10.0 Å². The molecule has 1 heterocycles. The number of aryl methyl sites for hydroxylation is 1. The number of nitrogens with zero attached hydrogens (tertiary/aromatic N) is 1. The molecule has 7 nitrogen and oxygen atoms in total. The van der Waals surface area contributed by atoms with Gasteiger partial charge in [0.25, 0.3) is 0 Å². The molecule has 0 spiro atoms. The molecule has 0 radical (unpaired) electrons. The van der Waals surface area contributed by atoms with Crippen LogP contribution in [0, 0.1) is 12.3 Å². The lowest BCUT2D eigenvalue weighted by Gasteiger charge is -2.18. The third kappa shape index (κ3) is 4.03. The second-order valence-electron chi connectivity index (χ2n) is 5.54. The number of nitrogens with one attached hydrogen (secondary N) is 2. The van der Waals surface area contributed by atoms with Crippen molar-refractivity contribution in [2.75, 3.05) is 6.54 Å².